The third-order valence-corrected chi connectivity index (χ3v) is 2.86. The Kier molecular flexibility index (Phi) is 2.82. The van der Waals surface area contributed by atoms with E-state index in [1.165, 1.54) is 17.1 Å². The molecule has 0 unspecified atom stereocenters. The first kappa shape index (κ1) is 9.92. The number of hydrogen-bond donors (Lipinski definition) is 1. The van der Waals surface area contributed by atoms with E-state index in [-0.39, 0.29) is 0 Å². The summed E-state index contributed by atoms with van der Waals surface area (Å²) in [4.78, 5) is 6.15. The number of benzene rings is 1. The van der Waals surface area contributed by atoms with Gasteiger partial charge in [0.15, 0.2) is 0 Å². The van der Waals surface area contributed by atoms with Crippen LogP contribution in [0.15, 0.2) is 30.3 Å². The maximum atomic E-state index is 5.47. The van der Waals surface area contributed by atoms with Crippen molar-refractivity contribution < 1.29 is 0 Å². The lowest BCUT2D eigenvalue weighted by atomic mass is 10.2. The molecule has 0 fully saturated rings. The van der Waals surface area contributed by atoms with Crippen LogP contribution < -0.4 is 10.6 Å². The zero-order valence-electron chi connectivity index (χ0n) is 8.42. The number of anilines is 2. The largest absolute Gasteiger partial charge is 0.367 e. The van der Waals surface area contributed by atoms with Crippen molar-refractivity contribution in [1.29, 1.82) is 0 Å². The van der Waals surface area contributed by atoms with Crippen LogP contribution in [0.1, 0.15) is 5.56 Å². The Hall–Kier alpha value is -1.62. The van der Waals surface area contributed by atoms with E-state index in [9.17, 15) is 0 Å². The molecule has 0 atom stereocenters. The SMILES string of the molecule is CN(Cc1ccccc1)c1nc(N)ns1. The summed E-state index contributed by atoms with van der Waals surface area (Å²) in [6.45, 7) is 0.815. The fourth-order valence-electron chi connectivity index (χ4n) is 1.31. The van der Waals surface area contributed by atoms with Gasteiger partial charge >= 0.3 is 0 Å². The lowest BCUT2D eigenvalue weighted by molar-refractivity contribution is 0.915. The second kappa shape index (κ2) is 4.27. The van der Waals surface area contributed by atoms with Crippen molar-refractivity contribution in [1.82, 2.24) is 9.36 Å². The number of nitrogens with zero attached hydrogens (tertiary/aromatic N) is 3. The summed E-state index contributed by atoms with van der Waals surface area (Å²) in [7, 11) is 1.98. The maximum Gasteiger partial charge on any atom is 0.233 e. The zero-order chi connectivity index (χ0) is 10.7. The Morgan fingerprint density at radius 2 is 2.07 bits per heavy atom. The van der Waals surface area contributed by atoms with Crippen molar-refractivity contribution in [3.63, 3.8) is 0 Å². The highest BCUT2D eigenvalue weighted by atomic mass is 32.1. The molecule has 78 valence electrons. The van der Waals surface area contributed by atoms with Gasteiger partial charge in [-0.25, -0.2) is 0 Å². The van der Waals surface area contributed by atoms with Gasteiger partial charge < -0.3 is 10.6 Å². The van der Waals surface area contributed by atoms with E-state index in [2.05, 4.69) is 21.5 Å². The van der Waals surface area contributed by atoms with Gasteiger partial charge in [-0.05, 0) is 5.56 Å². The van der Waals surface area contributed by atoms with E-state index in [4.69, 9.17) is 5.73 Å². The molecule has 0 saturated heterocycles. The zero-order valence-corrected chi connectivity index (χ0v) is 9.24. The molecule has 1 heterocycles. The fourth-order valence-corrected chi connectivity index (χ4v) is 1.86. The van der Waals surface area contributed by atoms with E-state index in [0.29, 0.717) is 5.95 Å². The highest BCUT2D eigenvalue weighted by Crippen LogP contribution is 2.18. The summed E-state index contributed by atoms with van der Waals surface area (Å²) in [6, 6.07) is 10.2. The normalized spacial score (nSPS) is 10.2. The smallest absolute Gasteiger partial charge is 0.233 e. The fraction of sp³-hybridized carbons (Fsp3) is 0.200. The van der Waals surface area contributed by atoms with Crippen molar-refractivity contribution in [2.24, 2.45) is 0 Å². The van der Waals surface area contributed by atoms with E-state index in [1.54, 1.807) is 0 Å². The molecular formula is C10H12N4S. The molecule has 0 bridgehead atoms. The number of rotatable bonds is 3. The quantitative estimate of drug-likeness (QED) is 0.856. The number of hydrogen-bond acceptors (Lipinski definition) is 5. The highest BCUT2D eigenvalue weighted by Gasteiger charge is 2.06. The first-order valence-corrected chi connectivity index (χ1v) is 5.37. The Balaban J connectivity index is 2.07. The summed E-state index contributed by atoms with van der Waals surface area (Å²) in [5.41, 5.74) is 6.72. The molecule has 0 saturated carbocycles. The lowest BCUT2D eigenvalue weighted by Crippen LogP contribution is -2.15. The molecule has 2 rings (SSSR count). The van der Waals surface area contributed by atoms with E-state index in [0.717, 1.165) is 11.7 Å². The van der Waals surface area contributed by atoms with Crippen LogP contribution in [-0.2, 0) is 6.54 Å². The van der Waals surface area contributed by atoms with Crippen molar-refractivity contribution >= 4 is 22.6 Å². The molecule has 4 nitrogen and oxygen atoms in total. The van der Waals surface area contributed by atoms with Crippen LogP contribution in [0, 0.1) is 0 Å². The van der Waals surface area contributed by atoms with E-state index < -0.39 is 0 Å². The van der Waals surface area contributed by atoms with Gasteiger partial charge in [0.2, 0.25) is 11.1 Å². The van der Waals surface area contributed by atoms with Crippen LogP contribution in [0.25, 0.3) is 0 Å². The Bertz CT molecular complexity index is 426. The van der Waals surface area contributed by atoms with Gasteiger partial charge in [0.05, 0.1) is 0 Å². The van der Waals surface area contributed by atoms with Crippen molar-refractivity contribution in [3.8, 4) is 0 Å². The lowest BCUT2D eigenvalue weighted by Gasteiger charge is -2.14. The predicted molar refractivity (Wildman–Crippen MR) is 62.9 cm³/mol. The molecule has 1 aromatic carbocycles. The van der Waals surface area contributed by atoms with Gasteiger partial charge in [0.1, 0.15) is 0 Å². The van der Waals surface area contributed by atoms with Crippen LogP contribution in [0.5, 0.6) is 0 Å². The summed E-state index contributed by atoms with van der Waals surface area (Å²) in [5.74, 6) is 0.343. The van der Waals surface area contributed by atoms with Gasteiger partial charge in [-0.3, -0.25) is 0 Å². The van der Waals surface area contributed by atoms with Gasteiger partial charge in [0.25, 0.3) is 0 Å². The number of nitrogen functional groups attached to an aromatic ring is 1. The second-order valence-electron chi connectivity index (χ2n) is 3.28. The van der Waals surface area contributed by atoms with Crippen LogP contribution in [-0.4, -0.2) is 16.4 Å². The monoisotopic (exact) mass is 220 g/mol. The first-order valence-electron chi connectivity index (χ1n) is 4.60. The molecule has 15 heavy (non-hydrogen) atoms. The minimum absolute atomic E-state index is 0.343. The van der Waals surface area contributed by atoms with Gasteiger partial charge in [-0.15, -0.1) is 0 Å². The van der Waals surface area contributed by atoms with Crippen molar-refractivity contribution in [2.75, 3.05) is 17.7 Å². The molecule has 0 aliphatic carbocycles. The molecule has 2 aromatic rings. The van der Waals surface area contributed by atoms with E-state index in [1.807, 2.05) is 30.1 Å². The predicted octanol–water partition coefficient (Wildman–Crippen LogP) is 1.76. The van der Waals surface area contributed by atoms with Crippen LogP contribution in [0.4, 0.5) is 11.1 Å². The topological polar surface area (TPSA) is 55.0 Å². The maximum absolute atomic E-state index is 5.47. The van der Waals surface area contributed by atoms with Crippen LogP contribution >= 0.6 is 11.5 Å². The van der Waals surface area contributed by atoms with Crippen molar-refractivity contribution in [3.05, 3.63) is 35.9 Å². The summed E-state index contributed by atoms with van der Waals surface area (Å²) in [5, 5.41) is 0.844. The first-order chi connectivity index (χ1) is 7.25. The molecule has 0 aliphatic rings. The minimum atomic E-state index is 0.343. The standard InChI is InChI=1S/C10H12N4S/c1-14(10-12-9(11)13-15-10)7-8-5-3-2-4-6-8/h2-6H,7H2,1H3,(H2,11,13). The summed E-state index contributed by atoms with van der Waals surface area (Å²) >= 11 is 1.32. The van der Waals surface area contributed by atoms with E-state index >= 15 is 0 Å². The van der Waals surface area contributed by atoms with Crippen LogP contribution in [0.2, 0.25) is 0 Å². The average Bonchev–Trinajstić information content (AvgIpc) is 2.66. The van der Waals surface area contributed by atoms with Gasteiger partial charge in [-0.1, -0.05) is 30.3 Å². The average molecular weight is 220 g/mol. The molecular weight excluding hydrogens is 208 g/mol. The highest BCUT2D eigenvalue weighted by molar-refractivity contribution is 7.09. The summed E-state index contributed by atoms with van der Waals surface area (Å²) in [6.07, 6.45) is 0. The molecule has 5 heteroatoms. The third-order valence-electron chi connectivity index (χ3n) is 2.02. The number of nitrogens with two attached hydrogens (primary N) is 1. The number of aromatic nitrogens is 2. The van der Waals surface area contributed by atoms with Gasteiger partial charge in [0, 0.05) is 25.1 Å². The molecule has 0 amide bonds. The Morgan fingerprint density at radius 3 is 2.67 bits per heavy atom. The minimum Gasteiger partial charge on any atom is -0.367 e. The third kappa shape index (κ3) is 2.44. The van der Waals surface area contributed by atoms with Crippen molar-refractivity contribution in [2.45, 2.75) is 6.54 Å². The Labute approximate surface area is 92.5 Å². The molecule has 1 aromatic heterocycles. The Morgan fingerprint density at radius 1 is 1.33 bits per heavy atom. The van der Waals surface area contributed by atoms with Gasteiger partial charge in [-0.2, -0.15) is 9.36 Å². The second-order valence-corrected chi connectivity index (χ2v) is 4.01. The van der Waals surface area contributed by atoms with Crippen LogP contribution in [0.3, 0.4) is 0 Å². The molecule has 2 N–H and O–H groups in total. The molecule has 0 spiro atoms. The summed E-state index contributed by atoms with van der Waals surface area (Å²) < 4.78 is 3.95. The molecule has 0 radical (unpaired) electrons. The molecule has 0 aliphatic heterocycles.